The normalized spacial score (nSPS) is 20.2. The van der Waals surface area contributed by atoms with Gasteiger partial charge in [-0.15, -0.1) is 0 Å². The Balaban J connectivity index is 1.95. The number of nitrogens with zero attached hydrogens (tertiary/aromatic N) is 2. The van der Waals surface area contributed by atoms with Gasteiger partial charge < -0.3 is 10.1 Å². The number of amides is 2. The summed E-state index contributed by atoms with van der Waals surface area (Å²) in [4.78, 5) is 35.4. The predicted octanol–water partition coefficient (Wildman–Crippen LogP) is 1.35. The quantitative estimate of drug-likeness (QED) is 0.490. The molecule has 0 unspecified atom stereocenters. The molecule has 1 aromatic rings. The number of hydrogen-bond donors (Lipinski definition) is 2. The predicted molar refractivity (Wildman–Crippen MR) is 85.2 cm³/mol. The Bertz CT molecular complexity index is 607. The molecule has 1 aromatic carbocycles. The molecule has 1 N–H and O–H groups in total. The Morgan fingerprint density at radius 1 is 1.43 bits per heavy atom. The van der Waals surface area contributed by atoms with E-state index in [4.69, 9.17) is 4.74 Å². The van der Waals surface area contributed by atoms with Gasteiger partial charge in [0.05, 0.1) is 4.92 Å². The van der Waals surface area contributed by atoms with Crippen LogP contribution in [0.4, 0.5) is 10.5 Å². The van der Waals surface area contributed by atoms with Gasteiger partial charge in [-0.2, -0.15) is 12.6 Å². The van der Waals surface area contributed by atoms with E-state index >= 15 is 0 Å². The maximum Gasteiger partial charge on any atom is 0.410 e. The molecular weight excluding hydrogens is 322 g/mol. The van der Waals surface area contributed by atoms with Crippen LogP contribution in [0, 0.1) is 10.1 Å². The summed E-state index contributed by atoms with van der Waals surface area (Å²) in [6.07, 6.45) is -0.136. The standard InChI is InChI=1S/C14H17N3O5S/c1-15-13(18)12-6-11(23)7-16(12)14(19)22-8-9-2-4-10(5-3-9)17(20)21/h2-5,11-12,23H,6-8H2,1H3,(H,15,18)/t11-,12-/m0/s1. The van der Waals surface area contributed by atoms with Crippen molar-refractivity contribution < 1.29 is 19.2 Å². The third kappa shape index (κ3) is 4.13. The number of nitro benzene ring substituents is 1. The second-order valence-corrected chi connectivity index (χ2v) is 5.88. The fraction of sp³-hybridized carbons (Fsp3) is 0.429. The van der Waals surface area contributed by atoms with Gasteiger partial charge in [-0.1, -0.05) is 0 Å². The SMILES string of the molecule is CNC(=O)[C@@H]1C[C@H](S)CN1C(=O)OCc1ccc([N+](=O)[O-])cc1. The van der Waals surface area contributed by atoms with E-state index in [1.807, 2.05) is 0 Å². The van der Waals surface area contributed by atoms with Crippen LogP contribution in [0.5, 0.6) is 0 Å². The number of ether oxygens (including phenoxy) is 1. The molecule has 23 heavy (non-hydrogen) atoms. The number of thiol groups is 1. The fourth-order valence-electron chi connectivity index (χ4n) is 2.37. The number of carbonyl (C=O) groups excluding carboxylic acids is 2. The Morgan fingerprint density at radius 3 is 2.65 bits per heavy atom. The van der Waals surface area contributed by atoms with Crippen LogP contribution in [-0.2, 0) is 16.1 Å². The molecule has 1 aliphatic heterocycles. The molecular formula is C14H17N3O5S. The minimum atomic E-state index is -0.603. The highest BCUT2D eigenvalue weighted by molar-refractivity contribution is 7.81. The number of nitrogens with one attached hydrogen (secondary N) is 1. The lowest BCUT2D eigenvalue weighted by molar-refractivity contribution is -0.384. The van der Waals surface area contributed by atoms with Crippen molar-refractivity contribution in [3.8, 4) is 0 Å². The number of rotatable bonds is 4. The third-order valence-corrected chi connectivity index (χ3v) is 3.95. The molecule has 1 aliphatic rings. The van der Waals surface area contributed by atoms with Crippen LogP contribution in [0.25, 0.3) is 0 Å². The van der Waals surface area contributed by atoms with Gasteiger partial charge in [0.2, 0.25) is 5.91 Å². The highest BCUT2D eigenvalue weighted by atomic mass is 32.1. The molecule has 0 spiro atoms. The zero-order valence-electron chi connectivity index (χ0n) is 12.5. The molecule has 8 nitrogen and oxygen atoms in total. The number of likely N-dealkylation sites (N-methyl/N-ethyl adjacent to an activating group) is 1. The first-order chi connectivity index (χ1) is 10.9. The van der Waals surface area contributed by atoms with E-state index in [0.717, 1.165) is 0 Å². The summed E-state index contributed by atoms with van der Waals surface area (Å²) in [5, 5.41) is 13.0. The van der Waals surface area contributed by atoms with E-state index in [1.54, 1.807) is 0 Å². The van der Waals surface area contributed by atoms with Gasteiger partial charge in [-0.3, -0.25) is 19.8 Å². The van der Waals surface area contributed by atoms with Gasteiger partial charge in [-0.05, 0) is 24.1 Å². The lowest BCUT2D eigenvalue weighted by Gasteiger charge is -2.22. The lowest BCUT2D eigenvalue weighted by atomic mass is 10.2. The van der Waals surface area contributed by atoms with Crippen molar-refractivity contribution in [1.29, 1.82) is 0 Å². The molecule has 0 aromatic heterocycles. The van der Waals surface area contributed by atoms with Crippen molar-refractivity contribution >= 4 is 30.3 Å². The Hall–Kier alpha value is -2.29. The summed E-state index contributed by atoms with van der Waals surface area (Å²) in [5.41, 5.74) is 0.597. The molecule has 1 heterocycles. The molecule has 0 aliphatic carbocycles. The van der Waals surface area contributed by atoms with E-state index in [9.17, 15) is 19.7 Å². The first kappa shape index (κ1) is 17.1. The van der Waals surface area contributed by atoms with Crippen molar-refractivity contribution in [1.82, 2.24) is 10.2 Å². The Morgan fingerprint density at radius 2 is 2.09 bits per heavy atom. The zero-order valence-corrected chi connectivity index (χ0v) is 13.4. The topological polar surface area (TPSA) is 102 Å². The summed E-state index contributed by atoms with van der Waals surface area (Å²) >= 11 is 4.31. The van der Waals surface area contributed by atoms with Gasteiger partial charge in [0.1, 0.15) is 12.6 Å². The Kier molecular flexibility index (Phi) is 5.43. The molecule has 0 bridgehead atoms. The van der Waals surface area contributed by atoms with Crippen LogP contribution in [-0.4, -0.2) is 46.7 Å². The van der Waals surface area contributed by atoms with Gasteiger partial charge in [0, 0.05) is 31.0 Å². The van der Waals surface area contributed by atoms with E-state index in [1.165, 1.54) is 36.2 Å². The molecule has 0 saturated carbocycles. The summed E-state index contributed by atoms with van der Waals surface area (Å²) in [6, 6.07) is 5.14. The molecule has 2 atom stereocenters. The molecule has 124 valence electrons. The fourth-order valence-corrected chi connectivity index (χ4v) is 2.75. The van der Waals surface area contributed by atoms with Gasteiger partial charge in [0.25, 0.3) is 5.69 Å². The summed E-state index contributed by atoms with van der Waals surface area (Å²) in [6.45, 7) is 0.311. The van der Waals surface area contributed by atoms with Crippen LogP contribution in [0.15, 0.2) is 24.3 Å². The number of non-ortho nitro benzene ring substituents is 1. The van der Waals surface area contributed by atoms with Crippen LogP contribution < -0.4 is 5.32 Å². The van der Waals surface area contributed by atoms with Crippen LogP contribution in [0.2, 0.25) is 0 Å². The van der Waals surface area contributed by atoms with Crippen molar-refractivity contribution in [3.05, 3.63) is 39.9 Å². The average Bonchev–Trinajstić information content (AvgIpc) is 2.94. The van der Waals surface area contributed by atoms with Crippen LogP contribution >= 0.6 is 12.6 Å². The third-order valence-electron chi connectivity index (χ3n) is 3.57. The second kappa shape index (κ2) is 7.32. The molecule has 1 fully saturated rings. The van der Waals surface area contributed by atoms with Gasteiger partial charge in [-0.25, -0.2) is 4.79 Å². The number of hydrogen-bond acceptors (Lipinski definition) is 6. The van der Waals surface area contributed by atoms with E-state index in [2.05, 4.69) is 17.9 Å². The monoisotopic (exact) mass is 339 g/mol. The Labute approximate surface area is 138 Å². The highest BCUT2D eigenvalue weighted by Gasteiger charge is 2.38. The van der Waals surface area contributed by atoms with E-state index < -0.39 is 17.1 Å². The maximum absolute atomic E-state index is 12.2. The first-order valence-electron chi connectivity index (χ1n) is 6.98. The van der Waals surface area contributed by atoms with E-state index in [-0.39, 0.29) is 23.5 Å². The maximum atomic E-state index is 12.2. The smallest absolute Gasteiger partial charge is 0.410 e. The summed E-state index contributed by atoms with van der Waals surface area (Å²) < 4.78 is 5.19. The van der Waals surface area contributed by atoms with Gasteiger partial charge >= 0.3 is 6.09 Å². The highest BCUT2D eigenvalue weighted by Crippen LogP contribution is 2.23. The average molecular weight is 339 g/mol. The largest absolute Gasteiger partial charge is 0.445 e. The van der Waals surface area contributed by atoms with Crippen molar-refractivity contribution in [2.75, 3.05) is 13.6 Å². The minimum Gasteiger partial charge on any atom is -0.445 e. The van der Waals surface area contributed by atoms with Crippen LogP contribution in [0.3, 0.4) is 0 Å². The number of benzene rings is 1. The van der Waals surface area contributed by atoms with Crippen molar-refractivity contribution in [2.24, 2.45) is 0 Å². The number of carbonyl (C=O) groups is 2. The minimum absolute atomic E-state index is 0.0228. The second-order valence-electron chi connectivity index (χ2n) is 5.15. The van der Waals surface area contributed by atoms with E-state index in [0.29, 0.717) is 18.5 Å². The number of likely N-dealkylation sites (tertiary alicyclic amines) is 1. The summed E-state index contributed by atoms with van der Waals surface area (Å²) in [5.74, 6) is -0.256. The molecule has 9 heteroatoms. The van der Waals surface area contributed by atoms with Crippen LogP contribution in [0.1, 0.15) is 12.0 Å². The molecule has 1 saturated heterocycles. The zero-order chi connectivity index (χ0) is 17.0. The van der Waals surface area contributed by atoms with Crippen molar-refractivity contribution in [2.45, 2.75) is 24.3 Å². The van der Waals surface area contributed by atoms with Crippen molar-refractivity contribution in [3.63, 3.8) is 0 Å². The molecule has 2 rings (SSSR count). The first-order valence-corrected chi connectivity index (χ1v) is 7.50. The van der Waals surface area contributed by atoms with Gasteiger partial charge in [0.15, 0.2) is 0 Å². The molecule has 0 radical (unpaired) electrons. The molecule has 2 amide bonds. The lowest BCUT2D eigenvalue weighted by Crippen LogP contribution is -2.45. The number of nitro groups is 1. The summed E-state index contributed by atoms with van der Waals surface area (Å²) in [7, 11) is 1.51.